The summed E-state index contributed by atoms with van der Waals surface area (Å²) in [5.74, 6) is 0.415. The number of rotatable bonds is 8. The highest BCUT2D eigenvalue weighted by Gasteiger charge is 2.40. The molecule has 168 valence electrons. The lowest BCUT2D eigenvalue weighted by molar-refractivity contribution is -0.120. The Kier molecular flexibility index (Phi) is 6.45. The Balaban J connectivity index is 1.77. The summed E-state index contributed by atoms with van der Waals surface area (Å²) >= 11 is 0. The second kappa shape index (κ2) is 9.61. The molecular formula is C27H26N2O4. The number of hydrogen-bond donors (Lipinski definition) is 1. The van der Waals surface area contributed by atoms with Gasteiger partial charge in [-0.1, -0.05) is 48.0 Å². The standard InChI is InChI=1S/C27H26N2O4/c1-4-32-22-16-13-20(17-23(22)33-5-2)28-25-24(19-9-7-6-8-10-19)26(30)29(27(25)31)21-14-11-18(3)12-15-21/h6-17,28H,4-5H2,1-3H3. The van der Waals surface area contributed by atoms with E-state index in [0.717, 1.165) is 5.56 Å². The third-order valence-electron chi connectivity index (χ3n) is 5.25. The van der Waals surface area contributed by atoms with Gasteiger partial charge >= 0.3 is 0 Å². The Bertz CT molecular complexity index is 1200. The molecule has 2 amide bonds. The van der Waals surface area contributed by atoms with Crippen LogP contribution in [-0.4, -0.2) is 25.0 Å². The van der Waals surface area contributed by atoms with Crippen LogP contribution in [0.1, 0.15) is 25.0 Å². The van der Waals surface area contributed by atoms with Crippen LogP contribution < -0.4 is 19.7 Å². The first-order chi connectivity index (χ1) is 16.0. The number of nitrogens with one attached hydrogen (secondary N) is 1. The molecule has 1 heterocycles. The van der Waals surface area contributed by atoms with E-state index in [9.17, 15) is 9.59 Å². The van der Waals surface area contributed by atoms with Crippen LogP contribution in [0, 0.1) is 6.92 Å². The third kappa shape index (κ3) is 4.46. The van der Waals surface area contributed by atoms with Crippen LogP contribution in [0.15, 0.2) is 78.5 Å². The van der Waals surface area contributed by atoms with Crippen molar-refractivity contribution in [2.75, 3.05) is 23.4 Å². The van der Waals surface area contributed by atoms with Gasteiger partial charge in [0.15, 0.2) is 11.5 Å². The van der Waals surface area contributed by atoms with Gasteiger partial charge in [-0.25, -0.2) is 4.90 Å². The molecule has 0 spiro atoms. The molecule has 33 heavy (non-hydrogen) atoms. The fraction of sp³-hybridized carbons (Fsp3) is 0.185. The molecule has 0 atom stereocenters. The van der Waals surface area contributed by atoms with Crippen molar-refractivity contribution in [3.63, 3.8) is 0 Å². The first-order valence-electron chi connectivity index (χ1n) is 10.9. The van der Waals surface area contributed by atoms with Crippen molar-refractivity contribution in [3.05, 3.63) is 89.6 Å². The van der Waals surface area contributed by atoms with Gasteiger partial charge in [-0.2, -0.15) is 0 Å². The van der Waals surface area contributed by atoms with E-state index in [1.807, 2.05) is 63.2 Å². The second-order valence-corrected chi connectivity index (χ2v) is 7.55. The van der Waals surface area contributed by atoms with E-state index < -0.39 is 5.91 Å². The summed E-state index contributed by atoms with van der Waals surface area (Å²) in [5, 5.41) is 3.18. The number of hydrogen-bond acceptors (Lipinski definition) is 5. The van der Waals surface area contributed by atoms with Gasteiger partial charge in [0.2, 0.25) is 0 Å². The van der Waals surface area contributed by atoms with E-state index in [-0.39, 0.29) is 11.6 Å². The third-order valence-corrected chi connectivity index (χ3v) is 5.25. The highest BCUT2D eigenvalue weighted by Crippen LogP contribution is 2.36. The first kappa shape index (κ1) is 22.1. The summed E-state index contributed by atoms with van der Waals surface area (Å²) in [7, 11) is 0. The van der Waals surface area contributed by atoms with E-state index in [0.29, 0.717) is 47.2 Å². The molecular weight excluding hydrogens is 416 g/mol. The zero-order valence-corrected chi connectivity index (χ0v) is 18.9. The molecule has 0 aromatic heterocycles. The van der Waals surface area contributed by atoms with Crippen LogP contribution in [0.5, 0.6) is 11.5 Å². The Labute approximate surface area is 193 Å². The predicted octanol–water partition coefficient (Wildman–Crippen LogP) is 5.19. The molecule has 0 saturated carbocycles. The molecule has 6 heteroatoms. The van der Waals surface area contributed by atoms with Gasteiger partial charge < -0.3 is 14.8 Å². The zero-order valence-electron chi connectivity index (χ0n) is 18.9. The van der Waals surface area contributed by atoms with Crippen molar-refractivity contribution in [2.24, 2.45) is 0 Å². The fourth-order valence-electron chi connectivity index (χ4n) is 3.72. The van der Waals surface area contributed by atoms with Gasteiger partial charge in [-0.3, -0.25) is 9.59 Å². The molecule has 0 aliphatic carbocycles. The smallest absolute Gasteiger partial charge is 0.282 e. The molecule has 3 aromatic carbocycles. The molecule has 1 aliphatic rings. The molecule has 0 saturated heterocycles. The summed E-state index contributed by atoms with van der Waals surface area (Å²) < 4.78 is 11.3. The van der Waals surface area contributed by atoms with Gasteiger partial charge in [0.1, 0.15) is 5.70 Å². The van der Waals surface area contributed by atoms with Gasteiger partial charge in [0.05, 0.1) is 24.5 Å². The lowest BCUT2D eigenvalue weighted by atomic mass is 10.0. The van der Waals surface area contributed by atoms with Crippen LogP contribution in [0.3, 0.4) is 0 Å². The van der Waals surface area contributed by atoms with E-state index in [1.165, 1.54) is 4.90 Å². The number of imide groups is 1. The van der Waals surface area contributed by atoms with E-state index in [4.69, 9.17) is 9.47 Å². The second-order valence-electron chi connectivity index (χ2n) is 7.55. The Hall–Kier alpha value is -4.06. The van der Waals surface area contributed by atoms with Crippen molar-refractivity contribution >= 4 is 28.8 Å². The van der Waals surface area contributed by atoms with Gasteiger partial charge in [0.25, 0.3) is 11.8 Å². The summed E-state index contributed by atoms with van der Waals surface area (Å²) in [6, 6.07) is 21.9. The minimum atomic E-state index is -0.408. The number of aryl methyl sites for hydroxylation is 1. The lowest BCUT2D eigenvalue weighted by Gasteiger charge is -2.16. The minimum absolute atomic E-state index is 0.221. The fourth-order valence-corrected chi connectivity index (χ4v) is 3.72. The Morgan fingerprint density at radius 1 is 0.788 bits per heavy atom. The van der Waals surface area contributed by atoms with E-state index in [2.05, 4.69) is 5.32 Å². The van der Waals surface area contributed by atoms with Crippen molar-refractivity contribution in [2.45, 2.75) is 20.8 Å². The van der Waals surface area contributed by atoms with Gasteiger partial charge in [-0.05, 0) is 50.6 Å². The average Bonchev–Trinajstić information content (AvgIpc) is 3.06. The normalized spacial score (nSPS) is 13.5. The monoisotopic (exact) mass is 442 g/mol. The number of carbonyl (C=O) groups is 2. The molecule has 0 radical (unpaired) electrons. The minimum Gasteiger partial charge on any atom is -0.490 e. The maximum Gasteiger partial charge on any atom is 0.282 e. The van der Waals surface area contributed by atoms with Crippen molar-refractivity contribution in [3.8, 4) is 11.5 Å². The highest BCUT2D eigenvalue weighted by molar-refractivity contribution is 6.46. The molecule has 1 aliphatic heterocycles. The van der Waals surface area contributed by atoms with Crippen LogP contribution in [0.2, 0.25) is 0 Å². The Morgan fingerprint density at radius 2 is 1.45 bits per heavy atom. The number of nitrogens with zero attached hydrogens (tertiary/aromatic N) is 1. The number of benzene rings is 3. The van der Waals surface area contributed by atoms with Crippen molar-refractivity contribution < 1.29 is 19.1 Å². The summed E-state index contributed by atoms with van der Waals surface area (Å²) in [6.07, 6.45) is 0. The number of ether oxygens (including phenoxy) is 2. The Morgan fingerprint density at radius 3 is 2.12 bits per heavy atom. The molecule has 4 rings (SSSR count). The molecule has 3 aromatic rings. The number of anilines is 2. The average molecular weight is 443 g/mol. The van der Waals surface area contributed by atoms with Gasteiger partial charge in [0, 0.05) is 11.8 Å². The summed E-state index contributed by atoms with van der Waals surface area (Å²) in [6.45, 7) is 6.74. The topological polar surface area (TPSA) is 67.9 Å². The van der Waals surface area contributed by atoms with Crippen LogP contribution in [-0.2, 0) is 9.59 Å². The largest absolute Gasteiger partial charge is 0.490 e. The highest BCUT2D eigenvalue weighted by atomic mass is 16.5. The van der Waals surface area contributed by atoms with Crippen molar-refractivity contribution in [1.82, 2.24) is 0 Å². The SMILES string of the molecule is CCOc1ccc(NC2=C(c3ccccc3)C(=O)N(c3ccc(C)cc3)C2=O)cc1OCC. The molecule has 0 unspecified atom stereocenters. The maximum atomic E-state index is 13.5. The lowest BCUT2D eigenvalue weighted by Crippen LogP contribution is -2.32. The van der Waals surface area contributed by atoms with Crippen molar-refractivity contribution in [1.29, 1.82) is 0 Å². The summed E-state index contributed by atoms with van der Waals surface area (Å²) in [5.41, 5.74) is 3.42. The number of carbonyl (C=O) groups excluding carboxylic acids is 2. The summed E-state index contributed by atoms with van der Waals surface area (Å²) in [4.78, 5) is 28.2. The first-order valence-corrected chi connectivity index (χ1v) is 10.9. The molecule has 0 bridgehead atoms. The molecule has 6 nitrogen and oxygen atoms in total. The van der Waals surface area contributed by atoms with E-state index >= 15 is 0 Å². The van der Waals surface area contributed by atoms with Crippen LogP contribution in [0.4, 0.5) is 11.4 Å². The predicted molar refractivity (Wildman–Crippen MR) is 129 cm³/mol. The molecule has 0 fully saturated rings. The van der Waals surface area contributed by atoms with Crippen LogP contribution in [0.25, 0.3) is 5.57 Å². The van der Waals surface area contributed by atoms with Crippen LogP contribution >= 0.6 is 0 Å². The number of amides is 2. The quantitative estimate of drug-likeness (QED) is 0.487. The van der Waals surface area contributed by atoms with E-state index in [1.54, 1.807) is 30.3 Å². The van der Waals surface area contributed by atoms with Gasteiger partial charge in [-0.15, -0.1) is 0 Å². The maximum absolute atomic E-state index is 13.5. The zero-order chi connectivity index (χ0) is 23.4. The molecule has 1 N–H and O–H groups in total.